The van der Waals surface area contributed by atoms with Crippen molar-refractivity contribution in [2.75, 3.05) is 23.7 Å². The van der Waals surface area contributed by atoms with Crippen LogP contribution in [0.2, 0.25) is 0 Å². The number of amides is 2. The van der Waals surface area contributed by atoms with E-state index in [-0.39, 0.29) is 30.1 Å². The second-order valence-corrected chi connectivity index (χ2v) is 5.10. The van der Waals surface area contributed by atoms with E-state index in [1.807, 2.05) is 18.2 Å². The first-order valence-corrected chi connectivity index (χ1v) is 6.67. The first-order chi connectivity index (χ1) is 9.22. The van der Waals surface area contributed by atoms with Crippen LogP contribution in [0.1, 0.15) is 18.4 Å². The molecule has 2 amide bonds. The van der Waals surface area contributed by atoms with Crippen molar-refractivity contribution in [3.63, 3.8) is 0 Å². The highest BCUT2D eigenvalue weighted by Gasteiger charge is 2.23. The maximum Gasteiger partial charge on any atom is 0.228 e. The normalized spacial score (nSPS) is 20.6. The van der Waals surface area contributed by atoms with Gasteiger partial charge in [-0.2, -0.15) is 0 Å². The molecule has 0 bridgehead atoms. The Labute approximate surface area is 123 Å². The van der Waals surface area contributed by atoms with Gasteiger partial charge in [0.15, 0.2) is 0 Å². The number of fused-ring (bicyclic) bond motifs is 1. The summed E-state index contributed by atoms with van der Waals surface area (Å²) in [5.41, 5.74) is 2.69. The molecule has 20 heavy (non-hydrogen) atoms. The fourth-order valence-corrected chi connectivity index (χ4v) is 2.57. The lowest BCUT2D eigenvalue weighted by molar-refractivity contribution is -0.119. The van der Waals surface area contributed by atoms with Crippen LogP contribution in [0.25, 0.3) is 0 Å². The largest absolute Gasteiger partial charge is 0.326 e. The van der Waals surface area contributed by atoms with Crippen LogP contribution in [0.15, 0.2) is 18.2 Å². The van der Waals surface area contributed by atoms with Gasteiger partial charge in [0.1, 0.15) is 0 Å². The van der Waals surface area contributed by atoms with Gasteiger partial charge in [-0.3, -0.25) is 9.59 Å². The molecule has 108 valence electrons. The van der Waals surface area contributed by atoms with Crippen molar-refractivity contribution in [1.82, 2.24) is 5.32 Å². The quantitative estimate of drug-likeness (QED) is 0.775. The molecule has 1 aromatic carbocycles. The number of halogens is 1. The molecule has 0 radical (unpaired) electrons. The number of aryl methyl sites for hydroxylation is 1. The summed E-state index contributed by atoms with van der Waals surface area (Å²) in [4.78, 5) is 23.4. The number of hydrogen-bond acceptors (Lipinski definition) is 3. The number of anilines is 2. The number of nitrogens with one attached hydrogen (secondary N) is 3. The monoisotopic (exact) mass is 295 g/mol. The lowest BCUT2D eigenvalue weighted by atomic mass is 10.0. The highest BCUT2D eigenvalue weighted by Crippen LogP contribution is 2.26. The summed E-state index contributed by atoms with van der Waals surface area (Å²) in [5, 5.41) is 8.94. The molecular weight excluding hydrogens is 278 g/mol. The van der Waals surface area contributed by atoms with Gasteiger partial charge >= 0.3 is 0 Å². The number of carbonyl (C=O) groups excluding carboxylic acids is 2. The third kappa shape index (κ3) is 3.11. The number of hydrogen-bond donors (Lipinski definition) is 3. The van der Waals surface area contributed by atoms with Crippen LogP contribution >= 0.6 is 12.4 Å². The summed E-state index contributed by atoms with van der Waals surface area (Å²) in [7, 11) is 0. The zero-order chi connectivity index (χ0) is 13.2. The SMILES string of the molecule is Cl.O=C1CCc2ccc(NC(=O)C3CCNC3)cc2N1. The first-order valence-electron chi connectivity index (χ1n) is 6.67. The fraction of sp³-hybridized carbons (Fsp3) is 0.429. The van der Waals surface area contributed by atoms with Crippen LogP contribution in [-0.4, -0.2) is 24.9 Å². The minimum absolute atomic E-state index is 0. The van der Waals surface area contributed by atoms with Crippen LogP contribution in [0.5, 0.6) is 0 Å². The number of benzene rings is 1. The van der Waals surface area contributed by atoms with E-state index in [2.05, 4.69) is 16.0 Å². The average Bonchev–Trinajstić information content (AvgIpc) is 2.92. The Kier molecular flexibility index (Phi) is 4.62. The van der Waals surface area contributed by atoms with Crippen molar-refractivity contribution in [2.45, 2.75) is 19.3 Å². The molecular formula is C14H18ClN3O2. The molecule has 0 aliphatic carbocycles. The summed E-state index contributed by atoms with van der Waals surface area (Å²) in [5.74, 6) is 0.133. The van der Waals surface area contributed by atoms with E-state index in [0.717, 1.165) is 42.9 Å². The minimum Gasteiger partial charge on any atom is -0.326 e. The van der Waals surface area contributed by atoms with E-state index in [0.29, 0.717) is 6.42 Å². The Morgan fingerprint density at radius 2 is 2.15 bits per heavy atom. The summed E-state index contributed by atoms with van der Waals surface area (Å²) >= 11 is 0. The van der Waals surface area contributed by atoms with Gasteiger partial charge in [-0.25, -0.2) is 0 Å². The molecule has 1 unspecified atom stereocenters. The van der Waals surface area contributed by atoms with E-state index < -0.39 is 0 Å². The molecule has 5 nitrogen and oxygen atoms in total. The number of rotatable bonds is 2. The van der Waals surface area contributed by atoms with Crippen LogP contribution < -0.4 is 16.0 Å². The average molecular weight is 296 g/mol. The van der Waals surface area contributed by atoms with E-state index in [9.17, 15) is 9.59 Å². The number of carbonyl (C=O) groups is 2. The zero-order valence-corrected chi connectivity index (χ0v) is 11.9. The maximum absolute atomic E-state index is 12.0. The lowest BCUT2D eigenvalue weighted by Gasteiger charge is -2.18. The second kappa shape index (κ2) is 6.24. The smallest absolute Gasteiger partial charge is 0.228 e. The highest BCUT2D eigenvalue weighted by atomic mass is 35.5. The summed E-state index contributed by atoms with van der Waals surface area (Å²) in [6, 6.07) is 5.71. The minimum atomic E-state index is 0. The fourth-order valence-electron chi connectivity index (χ4n) is 2.57. The molecule has 2 aliphatic heterocycles. The zero-order valence-electron chi connectivity index (χ0n) is 11.1. The second-order valence-electron chi connectivity index (χ2n) is 5.10. The lowest BCUT2D eigenvalue weighted by Crippen LogP contribution is -2.25. The van der Waals surface area contributed by atoms with Gasteiger partial charge in [-0.15, -0.1) is 12.4 Å². The third-order valence-electron chi connectivity index (χ3n) is 3.70. The molecule has 1 saturated heterocycles. The van der Waals surface area contributed by atoms with Crippen molar-refractivity contribution >= 4 is 35.6 Å². The van der Waals surface area contributed by atoms with Crippen LogP contribution in [-0.2, 0) is 16.0 Å². The van der Waals surface area contributed by atoms with Gasteiger partial charge in [-0.05, 0) is 37.1 Å². The van der Waals surface area contributed by atoms with E-state index in [1.54, 1.807) is 0 Å². The molecule has 2 heterocycles. The van der Waals surface area contributed by atoms with Crippen molar-refractivity contribution in [3.8, 4) is 0 Å². The summed E-state index contributed by atoms with van der Waals surface area (Å²) < 4.78 is 0. The predicted molar refractivity (Wildman–Crippen MR) is 80.2 cm³/mol. The Bertz CT molecular complexity index is 527. The highest BCUT2D eigenvalue weighted by molar-refractivity contribution is 5.97. The maximum atomic E-state index is 12.0. The summed E-state index contributed by atoms with van der Waals surface area (Å²) in [6.07, 6.45) is 2.18. The molecule has 3 N–H and O–H groups in total. The van der Waals surface area contributed by atoms with Gasteiger partial charge in [0, 0.05) is 24.3 Å². The Balaban J connectivity index is 0.00000147. The van der Waals surface area contributed by atoms with E-state index >= 15 is 0 Å². The molecule has 1 fully saturated rings. The van der Waals surface area contributed by atoms with Crippen LogP contribution in [0.3, 0.4) is 0 Å². The van der Waals surface area contributed by atoms with Gasteiger partial charge in [0.25, 0.3) is 0 Å². The standard InChI is InChI=1S/C14H17N3O2.ClH/c18-13-4-2-9-1-3-11(7-12(9)17-13)16-14(19)10-5-6-15-8-10;/h1,3,7,10,15H,2,4-6,8H2,(H,16,19)(H,17,18);1H. The first kappa shape index (κ1) is 14.8. The Morgan fingerprint density at radius 1 is 1.30 bits per heavy atom. The Hall–Kier alpha value is -1.59. The van der Waals surface area contributed by atoms with Crippen LogP contribution in [0, 0.1) is 5.92 Å². The summed E-state index contributed by atoms with van der Waals surface area (Å²) in [6.45, 7) is 1.64. The molecule has 3 rings (SSSR count). The predicted octanol–water partition coefficient (Wildman–Crippen LogP) is 1.54. The van der Waals surface area contributed by atoms with Gasteiger partial charge in [-0.1, -0.05) is 6.07 Å². The van der Waals surface area contributed by atoms with Crippen molar-refractivity contribution in [2.24, 2.45) is 5.92 Å². The molecule has 2 aliphatic rings. The topological polar surface area (TPSA) is 70.2 Å². The van der Waals surface area contributed by atoms with Gasteiger partial charge < -0.3 is 16.0 Å². The van der Waals surface area contributed by atoms with E-state index in [4.69, 9.17) is 0 Å². The van der Waals surface area contributed by atoms with Gasteiger partial charge in [0.05, 0.1) is 5.92 Å². The van der Waals surface area contributed by atoms with Crippen LogP contribution in [0.4, 0.5) is 11.4 Å². The van der Waals surface area contributed by atoms with E-state index in [1.165, 1.54) is 0 Å². The molecule has 0 aromatic heterocycles. The van der Waals surface area contributed by atoms with Crippen molar-refractivity contribution in [3.05, 3.63) is 23.8 Å². The molecule has 0 saturated carbocycles. The Morgan fingerprint density at radius 3 is 2.90 bits per heavy atom. The molecule has 6 heteroatoms. The molecule has 1 atom stereocenters. The van der Waals surface area contributed by atoms with Crippen molar-refractivity contribution < 1.29 is 9.59 Å². The molecule has 0 spiro atoms. The third-order valence-corrected chi connectivity index (χ3v) is 3.70. The van der Waals surface area contributed by atoms with Crippen molar-refractivity contribution in [1.29, 1.82) is 0 Å². The van der Waals surface area contributed by atoms with Gasteiger partial charge in [0.2, 0.25) is 11.8 Å². The molecule has 1 aromatic rings.